The summed E-state index contributed by atoms with van der Waals surface area (Å²) in [5, 5.41) is 9.30. The van der Waals surface area contributed by atoms with Crippen LogP contribution in [-0.2, 0) is 11.4 Å². The molecule has 0 aromatic heterocycles. The summed E-state index contributed by atoms with van der Waals surface area (Å²) in [5.74, 6) is 0.109. The Labute approximate surface area is 100 Å². The number of rotatable bonds is 2. The van der Waals surface area contributed by atoms with Crippen molar-refractivity contribution in [2.75, 3.05) is 11.4 Å². The zero-order valence-corrected chi connectivity index (χ0v) is 10.1. The molecule has 1 aromatic rings. The molecule has 0 aliphatic carbocycles. The number of carbonyl (C=O) groups excluding carboxylic acids is 1. The summed E-state index contributed by atoms with van der Waals surface area (Å²) in [7, 11) is 0. The van der Waals surface area contributed by atoms with Gasteiger partial charge in [0.25, 0.3) is 0 Å². The van der Waals surface area contributed by atoms with Gasteiger partial charge in [0.15, 0.2) is 0 Å². The molecule has 1 fully saturated rings. The van der Waals surface area contributed by atoms with E-state index < -0.39 is 0 Å². The third kappa shape index (κ3) is 1.95. The lowest BCUT2D eigenvalue weighted by Gasteiger charge is -2.20. The summed E-state index contributed by atoms with van der Waals surface area (Å²) in [6, 6.07) is 5.66. The first-order valence-electron chi connectivity index (χ1n) is 5.31. The van der Waals surface area contributed by atoms with Crippen molar-refractivity contribution in [2.24, 2.45) is 0 Å². The van der Waals surface area contributed by atoms with Crippen molar-refractivity contribution in [2.45, 2.75) is 25.2 Å². The minimum atomic E-state index is 0.00596. The van der Waals surface area contributed by atoms with E-state index in [1.165, 1.54) is 0 Å². The summed E-state index contributed by atoms with van der Waals surface area (Å²) in [4.78, 5) is 13.5. The number of amides is 1. The van der Waals surface area contributed by atoms with Gasteiger partial charge in [0, 0.05) is 23.9 Å². The van der Waals surface area contributed by atoms with Crippen LogP contribution in [0.1, 0.15) is 17.5 Å². The van der Waals surface area contributed by atoms with Crippen LogP contribution in [0.5, 0.6) is 0 Å². The van der Waals surface area contributed by atoms with Gasteiger partial charge in [0.2, 0.25) is 5.91 Å². The molecule has 86 valence electrons. The van der Waals surface area contributed by atoms with Gasteiger partial charge < -0.3 is 10.0 Å². The molecule has 0 spiro atoms. The Morgan fingerprint density at radius 3 is 2.88 bits per heavy atom. The summed E-state index contributed by atoms with van der Waals surface area (Å²) in [6.07, 6.45) is 0.492. The van der Waals surface area contributed by atoms with Crippen LogP contribution < -0.4 is 4.90 Å². The summed E-state index contributed by atoms with van der Waals surface area (Å²) >= 11 is 4.33. The zero-order valence-electron chi connectivity index (χ0n) is 9.18. The zero-order chi connectivity index (χ0) is 11.7. The van der Waals surface area contributed by atoms with E-state index in [9.17, 15) is 9.90 Å². The molecular weight excluding hydrogens is 222 g/mol. The minimum Gasteiger partial charge on any atom is -0.392 e. The lowest BCUT2D eigenvalue weighted by Crippen LogP contribution is -2.25. The molecule has 1 aromatic carbocycles. The van der Waals surface area contributed by atoms with E-state index in [1.54, 1.807) is 4.90 Å². The number of anilines is 1. The normalized spacial score (nSPS) is 20.6. The highest BCUT2D eigenvalue weighted by Crippen LogP contribution is 2.28. The maximum Gasteiger partial charge on any atom is 0.228 e. The molecule has 16 heavy (non-hydrogen) atoms. The van der Waals surface area contributed by atoms with Crippen LogP contribution in [0.25, 0.3) is 0 Å². The number of benzene rings is 1. The molecule has 1 heterocycles. The highest BCUT2D eigenvalue weighted by molar-refractivity contribution is 7.81. The minimum absolute atomic E-state index is 0.00596. The largest absolute Gasteiger partial charge is 0.392 e. The molecule has 1 amide bonds. The van der Waals surface area contributed by atoms with Crippen LogP contribution in [-0.4, -0.2) is 22.8 Å². The molecule has 0 radical (unpaired) electrons. The summed E-state index contributed by atoms with van der Waals surface area (Å²) in [6.45, 7) is 2.59. The Morgan fingerprint density at radius 1 is 1.56 bits per heavy atom. The Bertz CT molecular complexity index is 419. The smallest absolute Gasteiger partial charge is 0.228 e. The molecule has 4 heteroatoms. The number of thiol groups is 1. The van der Waals surface area contributed by atoms with Gasteiger partial charge in [0.05, 0.1) is 6.61 Å². The molecule has 2 rings (SSSR count). The fourth-order valence-corrected chi connectivity index (χ4v) is 2.37. The average Bonchev–Trinajstić information content (AvgIpc) is 2.58. The van der Waals surface area contributed by atoms with Gasteiger partial charge in [-0.1, -0.05) is 12.1 Å². The van der Waals surface area contributed by atoms with Crippen molar-refractivity contribution in [3.8, 4) is 0 Å². The summed E-state index contributed by atoms with van der Waals surface area (Å²) in [5.41, 5.74) is 2.74. The van der Waals surface area contributed by atoms with Crippen molar-refractivity contribution in [3.63, 3.8) is 0 Å². The predicted molar refractivity (Wildman–Crippen MR) is 66.8 cm³/mol. The SMILES string of the molecule is Cc1c(CO)cccc1N1CC(S)CC1=O. The third-order valence-corrected chi connectivity index (χ3v) is 3.33. The summed E-state index contributed by atoms with van der Waals surface area (Å²) < 4.78 is 0. The van der Waals surface area contributed by atoms with Crippen molar-refractivity contribution in [3.05, 3.63) is 29.3 Å². The first-order chi connectivity index (χ1) is 7.63. The first kappa shape index (κ1) is 11.5. The second-order valence-electron chi connectivity index (χ2n) is 4.08. The van der Waals surface area contributed by atoms with E-state index in [0.29, 0.717) is 13.0 Å². The highest BCUT2D eigenvalue weighted by Gasteiger charge is 2.29. The van der Waals surface area contributed by atoms with E-state index in [0.717, 1.165) is 16.8 Å². The van der Waals surface area contributed by atoms with E-state index in [4.69, 9.17) is 0 Å². The van der Waals surface area contributed by atoms with Crippen LogP contribution in [0.4, 0.5) is 5.69 Å². The molecular formula is C12H15NO2S. The van der Waals surface area contributed by atoms with Crippen molar-refractivity contribution in [1.29, 1.82) is 0 Å². The van der Waals surface area contributed by atoms with Crippen LogP contribution in [0.15, 0.2) is 18.2 Å². The molecule has 1 atom stereocenters. The Kier molecular flexibility index (Phi) is 3.21. The van der Waals surface area contributed by atoms with E-state index in [2.05, 4.69) is 12.6 Å². The maximum absolute atomic E-state index is 11.8. The molecule has 0 saturated carbocycles. The Morgan fingerprint density at radius 2 is 2.31 bits per heavy atom. The molecule has 1 N–H and O–H groups in total. The molecule has 1 unspecified atom stereocenters. The molecule has 1 aliphatic rings. The topological polar surface area (TPSA) is 40.5 Å². The first-order valence-corrected chi connectivity index (χ1v) is 5.83. The van der Waals surface area contributed by atoms with Crippen LogP contribution in [0.2, 0.25) is 0 Å². The second kappa shape index (κ2) is 4.47. The third-order valence-electron chi connectivity index (χ3n) is 2.98. The number of aliphatic hydroxyl groups is 1. The Hall–Kier alpha value is -1.00. The van der Waals surface area contributed by atoms with Gasteiger partial charge in [-0.2, -0.15) is 12.6 Å². The number of hydrogen-bond acceptors (Lipinski definition) is 3. The fraction of sp³-hybridized carbons (Fsp3) is 0.417. The van der Waals surface area contributed by atoms with Crippen LogP contribution in [0, 0.1) is 6.92 Å². The van der Waals surface area contributed by atoms with Crippen molar-refractivity contribution >= 4 is 24.2 Å². The van der Waals surface area contributed by atoms with Gasteiger partial charge in [-0.15, -0.1) is 0 Å². The second-order valence-corrected chi connectivity index (χ2v) is 4.81. The van der Waals surface area contributed by atoms with E-state index in [-0.39, 0.29) is 17.8 Å². The number of carbonyl (C=O) groups is 1. The fourth-order valence-electron chi connectivity index (χ4n) is 2.06. The van der Waals surface area contributed by atoms with E-state index in [1.807, 2.05) is 25.1 Å². The predicted octanol–water partition coefficient (Wildman–Crippen LogP) is 1.52. The lowest BCUT2D eigenvalue weighted by molar-refractivity contribution is -0.117. The van der Waals surface area contributed by atoms with Gasteiger partial charge in [-0.25, -0.2) is 0 Å². The highest BCUT2D eigenvalue weighted by atomic mass is 32.1. The number of hydrogen-bond donors (Lipinski definition) is 2. The molecule has 0 bridgehead atoms. The quantitative estimate of drug-likeness (QED) is 0.766. The van der Waals surface area contributed by atoms with Gasteiger partial charge in [-0.05, 0) is 24.1 Å². The van der Waals surface area contributed by atoms with Gasteiger partial charge >= 0.3 is 0 Å². The van der Waals surface area contributed by atoms with Crippen molar-refractivity contribution < 1.29 is 9.90 Å². The standard InChI is InChI=1S/C12H15NO2S/c1-8-9(7-14)3-2-4-11(8)13-6-10(16)5-12(13)15/h2-4,10,14,16H,5-7H2,1H3. The van der Waals surface area contributed by atoms with E-state index >= 15 is 0 Å². The van der Waals surface area contributed by atoms with Gasteiger partial charge in [0.1, 0.15) is 0 Å². The van der Waals surface area contributed by atoms with Gasteiger partial charge in [-0.3, -0.25) is 4.79 Å². The lowest BCUT2D eigenvalue weighted by atomic mass is 10.1. The molecule has 1 saturated heterocycles. The van der Waals surface area contributed by atoms with Crippen molar-refractivity contribution in [1.82, 2.24) is 0 Å². The monoisotopic (exact) mass is 237 g/mol. The number of nitrogens with zero attached hydrogens (tertiary/aromatic N) is 1. The number of aliphatic hydroxyl groups excluding tert-OH is 1. The van der Waals surface area contributed by atoms with Crippen LogP contribution >= 0.6 is 12.6 Å². The van der Waals surface area contributed by atoms with Crippen LogP contribution in [0.3, 0.4) is 0 Å². The molecule has 1 aliphatic heterocycles. The maximum atomic E-state index is 11.8. The average molecular weight is 237 g/mol. The Balaban J connectivity index is 2.37. The molecule has 3 nitrogen and oxygen atoms in total.